The molecule has 1 amide bonds. The molecule has 10 nitrogen and oxygen atoms in total. The van der Waals surface area contributed by atoms with Crippen LogP contribution in [0.4, 0.5) is 0 Å². The van der Waals surface area contributed by atoms with Crippen molar-refractivity contribution in [1.29, 1.82) is 10.8 Å². The van der Waals surface area contributed by atoms with Gasteiger partial charge < -0.3 is 32.5 Å². The number of nitrogens with zero attached hydrogens (tertiary/aromatic N) is 3. The lowest BCUT2D eigenvalue weighted by Gasteiger charge is -2.21. The Hall–Kier alpha value is -2.49. The molecule has 0 saturated heterocycles. The van der Waals surface area contributed by atoms with E-state index in [1.165, 1.54) is 0 Å². The van der Waals surface area contributed by atoms with Crippen LogP contribution in [0.5, 0.6) is 0 Å². The van der Waals surface area contributed by atoms with Crippen LogP contribution in [0, 0.1) is 10.8 Å². The molecule has 0 fully saturated rings. The quantitative estimate of drug-likeness (QED) is 0.132. The van der Waals surface area contributed by atoms with E-state index in [1.807, 2.05) is 18.9 Å². The zero-order valence-corrected chi connectivity index (χ0v) is 18.2. The van der Waals surface area contributed by atoms with Crippen LogP contribution in [0.1, 0.15) is 52.4 Å². The first-order valence-corrected chi connectivity index (χ1v) is 10.2. The van der Waals surface area contributed by atoms with Crippen LogP contribution < -0.4 is 22.1 Å². The van der Waals surface area contributed by atoms with Gasteiger partial charge in [0, 0.05) is 50.4 Å². The Kier molecular flexibility index (Phi) is 15.0. The van der Waals surface area contributed by atoms with Gasteiger partial charge in [0.1, 0.15) is 0 Å². The molecule has 0 heterocycles. The molecule has 0 aromatic rings. The van der Waals surface area contributed by atoms with E-state index in [0.717, 1.165) is 25.9 Å². The second-order valence-corrected chi connectivity index (χ2v) is 6.87. The molecule has 0 aromatic heterocycles. The third-order valence-corrected chi connectivity index (χ3v) is 4.03. The van der Waals surface area contributed by atoms with Crippen molar-refractivity contribution in [3.63, 3.8) is 0 Å². The SMILES string of the molecule is CCC(=O)N(CCCN=C(N)NC(N)=NCCCC(=N)CC(C)=N)CCCNC. The van der Waals surface area contributed by atoms with Crippen LogP contribution >= 0.6 is 0 Å². The number of amides is 1. The van der Waals surface area contributed by atoms with E-state index in [4.69, 9.17) is 22.3 Å². The van der Waals surface area contributed by atoms with Crippen molar-refractivity contribution in [2.45, 2.75) is 52.4 Å². The standard InChI is InChI=1S/C19H39N9O/c1-4-17(29)28(12-6-9-24-3)13-7-11-26-19(23)27-18(22)25-10-5-8-16(21)14-15(2)20/h20-21,24H,4-14H2,1-3H3,(H5,22,23,25,26,27). The van der Waals surface area contributed by atoms with Crippen LogP contribution in [-0.2, 0) is 4.79 Å². The van der Waals surface area contributed by atoms with Gasteiger partial charge in [-0.25, -0.2) is 0 Å². The maximum absolute atomic E-state index is 12.0. The van der Waals surface area contributed by atoms with Crippen molar-refractivity contribution in [2.24, 2.45) is 21.5 Å². The van der Waals surface area contributed by atoms with Crippen LogP contribution in [-0.4, -0.2) is 73.9 Å². The van der Waals surface area contributed by atoms with Gasteiger partial charge in [0.15, 0.2) is 11.9 Å². The molecule has 0 radical (unpaired) electrons. The Morgan fingerprint density at radius 2 is 1.62 bits per heavy atom. The van der Waals surface area contributed by atoms with E-state index in [2.05, 4.69) is 20.6 Å². The Bertz CT molecular complexity index is 572. The number of hydrogen-bond donors (Lipinski definition) is 6. The zero-order chi connectivity index (χ0) is 22.1. The van der Waals surface area contributed by atoms with Gasteiger partial charge in [0.25, 0.3) is 0 Å². The highest BCUT2D eigenvalue weighted by atomic mass is 16.2. The maximum Gasteiger partial charge on any atom is 0.222 e. The summed E-state index contributed by atoms with van der Waals surface area (Å²) in [6.07, 6.45) is 3.84. The van der Waals surface area contributed by atoms with E-state index in [0.29, 0.717) is 56.7 Å². The predicted octanol–water partition coefficient (Wildman–Crippen LogP) is 0.673. The number of carbonyl (C=O) groups is 1. The molecule has 0 rings (SSSR count). The largest absolute Gasteiger partial charge is 0.370 e. The number of aliphatic imine (C=N–C) groups is 2. The summed E-state index contributed by atoms with van der Waals surface area (Å²) in [6.45, 7) is 6.80. The lowest BCUT2D eigenvalue weighted by Crippen LogP contribution is -2.42. The zero-order valence-electron chi connectivity index (χ0n) is 18.2. The lowest BCUT2D eigenvalue weighted by atomic mass is 10.1. The molecule has 0 saturated carbocycles. The molecular weight excluding hydrogens is 370 g/mol. The van der Waals surface area contributed by atoms with Gasteiger partial charge in [-0.1, -0.05) is 6.92 Å². The van der Waals surface area contributed by atoms with Gasteiger partial charge in [0.2, 0.25) is 5.91 Å². The summed E-state index contributed by atoms with van der Waals surface area (Å²) < 4.78 is 0. The second-order valence-electron chi connectivity index (χ2n) is 6.87. The minimum absolute atomic E-state index is 0.149. The summed E-state index contributed by atoms with van der Waals surface area (Å²) in [5, 5.41) is 20.9. The number of nitrogens with two attached hydrogens (primary N) is 2. The molecule has 0 unspecified atom stereocenters. The minimum atomic E-state index is 0.149. The normalized spacial score (nSPS) is 12.0. The molecule has 166 valence electrons. The Morgan fingerprint density at radius 3 is 2.17 bits per heavy atom. The van der Waals surface area contributed by atoms with Crippen molar-refractivity contribution in [3.8, 4) is 0 Å². The number of rotatable bonds is 15. The third-order valence-electron chi connectivity index (χ3n) is 4.03. The molecule has 0 aromatic carbocycles. The molecule has 0 spiro atoms. The molecule has 10 heteroatoms. The number of hydrogen-bond acceptors (Lipinski definition) is 6. The van der Waals surface area contributed by atoms with Crippen LogP contribution in [0.2, 0.25) is 0 Å². The van der Waals surface area contributed by atoms with E-state index < -0.39 is 0 Å². The number of nitrogens with one attached hydrogen (secondary N) is 4. The van der Waals surface area contributed by atoms with Crippen molar-refractivity contribution in [3.05, 3.63) is 0 Å². The molecule has 8 N–H and O–H groups in total. The fourth-order valence-electron chi connectivity index (χ4n) is 2.60. The highest BCUT2D eigenvalue weighted by Gasteiger charge is 2.10. The van der Waals surface area contributed by atoms with Crippen molar-refractivity contribution >= 4 is 29.2 Å². The van der Waals surface area contributed by atoms with Crippen molar-refractivity contribution in [2.75, 3.05) is 39.8 Å². The first-order chi connectivity index (χ1) is 13.8. The van der Waals surface area contributed by atoms with Gasteiger partial charge in [-0.05, 0) is 46.2 Å². The first kappa shape index (κ1) is 26.5. The summed E-state index contributed by atoms with van der Waals surface area (Å²) in [5.41, 5.74) is 12.6. The van der Waals surface area contributed by atoms with Gasteiger partial charge in [-0.15, -0.1) is 0 Å². The second kappa shape index (κ2) is 16.5. The molecule has 29 heavy (non-hydrogen) atoms. The Balaban J connectivity index is 4.18. The van der Waals surface area contributed by atoms with Crippen molar-refractivity contribution < 1.29 is 4.79 Å². The topological polar surface area (TPSA) is 169 Å². The van der Waals surface area contributed by atoms with Crippen LogP contribution in [0.25, 0.3) is 0 Å². The number of guanidine groups is 2. The average molecular weight is 410 g/mol. The Morgan fingerprint density at radius 1 is 1.03 bits per heavy atom. The maximum atomic E-state index is 12.0. The van der Waals surface area contributed by atoms with Gasteiger partial charge in [-0.2, -0.15) is 0 Å². The molecule has 0 aliphatic rings. The highest BCUT2D eigenvalue weighted by Crippen LogP contribution is 1.99. The summed E-state index contributed by atoms with van der Waals surface area (Å²) in [6, 6.07) is 0. The smallest absolute Gasteiger partial charge is 0.222 e. The van der Waals surface area contributed by atoms with Gasteiger partial charge in [-0.3, -0.25) is 20.1 Å². The van der Waals surface area contributed by atoms with E-state index in [9.17, 15) is 4.79 Å². The summed E-state index contributed by atoms with van der Waals surface area (Å²) in [4.78, 5) is 22.2. The molecule has 0 bridgehead atoms. The van der Waals surface area contributed by atoms with E-state index in [-0.39, 0.29) is 17.8 Å². The Labute approximate surface area is 174 Å². The summed E-state index contributed by atoms with van der Waals surface area (Å²) in [7, 11) is 1.90. The molecule has 0 aliphatic heterocycles. The fourth-order valence-corrected chi connectivity index (χ4v) is 2.60. The van der Waals surface area contributed by atoms with Crippen molar-refractivity contribution in [1.82, 2.24) is 15.5 Å². The van der Waals surface area contributed by atoms with Crippen LogP contribution in [0.15, 0.2) is 9.98 Å². The fraction of sp³-hybridized carbons (Fsp3) is 0.737. The third kappa shape index (κ3) is 15.1. The summed E-state index contributed by atoms with van der Waals surface area (Å²) >= 11 is 0. The summed E-state index contributed by atoms with van der Waals surface area (Å²) in [5.74, 6) is 0.536. The van der Waals surface area contributed by atoms with Gasteiger partial charge >= 0.3 is 0 Å². The molecular formula is C19H39N9O. The van der Waals surface area contributed by atoms with E-state index in [1.54, 1.807) is 6.92 Å². The molecule has 0 aliphatic carbocycles. The highest BCUT2D eigenvalue weighted by molar-refractivity contribution is 6.00. The van der Waals surface area contributed by atoms with E-state index >= 15 is 0 Å². The monoisotopic (exact) mass is 409 g/mol. The average Bonchev–Trinajstić information content (AvgIpc) is 2.66. The molecule has 0 atom stereocenters. The predicted molar refractivity (Wildman–Crippen MR) is 121 cm³/mol. The first-order valence-electron chi connectivity index (χ1n) is 10.2. The number of carbonyl (C=O) groups excluding carboxylic acids is 1. The lowest BCUT2D eigenvalue weighted by molar-refractivity contribution is -0.130. The van der Waals surface area contributed by atoms with Crippen LogP contribution in [0.3, 0.4) is 0 Å². The van der Waals surface area contributed by atoms with Gasteiger partial charge in [0.05, 0.1) is 0 Å². The minimum Gasteiger partial charge on any atom is -0.370 e.